The molecule has 1 saturated carbocycles. The summed E-state index contributed by atoms with van der Waals surface area (Å²) in [5.74, 6) is -3.33. The highest BCUT2D eigenvalue weighted by Crippen LogP contribution is 2.63. The molecule has 2 aliphatic carbocycles. The fourth-order valence-electron chi connectivity index (χ4n) is 8.78. The number of anilines is 4. The number of ether oxygens (including phenoxy) is 1. The van der Waals surface area contributed by atoms with Gasteiger partial charge in [-0.2, -0.15) is 0 Å². The monoisotopic (exact) mass is 667 g/mol. The molecule has 6 atom stereocenters. The standard InChI is InChI=1S/C41H37N3O6/c1-41-34(38(47)44(40(41)49)28-10-6-3-7-11-28)24-33-31(36(41)25-12-18-30(19-13-25)50-23-22-45)20-21-32-35(33)39(48)43(37(32)46)29-16-14-27(15-17-29)42-26-8-4-2-5-9-26/h2-20,32-36,42,45H,21-24H2,1H3/t32-,33+,34-,35-,36-,41+/m0/s1. The third kappa shape index (κ3) is 4.95. The number of benzene rings is 4. The molecule has 9 heteroatoms. The van der Waals surface area contributed by atoms with E-state index in [-0.39, 0.29) is 36.8 Å². The first kappa shape index (κ1) is 31.7. The van der Waals surface area contributed by atoms with E-state index >= 15 is 0 Å². The van der Waals surface area contributed by atoms with Crippen LogP contribution in [0.15, 0.2) is 121 Å². The molecule has 0 unspecified atom stereocenters. The Kier molecular flexibility index (Phi) is 7.87. The molecule has 2 heterocycles. The lowest BCUT2D eigenvalue weighted by atomic mass is 9.51. The van der Waals surface area contributed by atoms with Crippen molar-refractivity contribution in [2.24, 2.45) is 29.1 Å². The lowest BCUT2D eigenvalue weighted by Crippen LogP contribution is -2.48. The Labute approximate surface area is 290 Å². The van der Waals surface area contributed by atoms with Gasteiger partial charge >= 0.3 is 0 Å². The molecule has 4 aromatic rings. The fraction of sp³-hybridized carbons (Fsp3) is 0.268. The van der Waals surface area contributed by atoms with Gasteiger partial charge in [0.25, 0.3) is 0 Å². The largest absolute Gasteiger partial charge is 0.491 e. The van der Waals surface area contributed by atoms with Gasteiger partial charge in [0.15, 0.2) is 0 Å². The fourth-order valence-corrected chi connectivity index (χ4v) is 8.78. The molecule has 2 N–H and O–H groups in total. The Balaban J connectivity index is 1.16. The van der Waals surface area contributed by atoms with E-state index in [1.165, 1.54) is 9.80 Å². The summed E-state index contributed by atoms with van der Waals surface area (Å²) in [6, 6.07) is 33.4. The van der Waals surface area contributed by atoms with Crippen molar-refractivity contribution in [3.05, 3.63) is 126 Å². The summed E-state index contributed by atoms with van der Waals surface area (Å²) in [5.41, 5.74) is 3.41. The van der Waals surface area contributed by atoms with Crippen LogP contribution in [0.4, 0.5) is 22.7 Å². The number of nitrogens with zero attached hydrogens (tertiary/aromatic N) is 2. The van der Waals surface area contributed by atoms with E-state index in [2.05, 4.69) is 11.4 Å². The van der Waals surface area contributed by atoms with E-state index in [9.17, 15) is 24.3 Å². The SMILES string of the molecule is C[C@@]12C(=O)N(c3ccccc3)C(=O)[C@@H]1C[C@@H]1C(=CC[C@@H]3C(=O)N(c4ccc(Nc5ccccc5)cc4)C(=O)[C@@H]31)[C@@H]2c1ccc(OCCO)cc1. The van der Waals surface area contributed by atoms with Crippen molar-refractivity contribution in [3.8, 4) is 5.75 Å². The third-order valence-electron chi connectivity index (χ3n) is 11.1. The molecule has 8 rings (SSSR count). The van der Waals surface area contributed by atoms with Gasteiger partial charge in [-0.25, -0.2) is 4.90 Å². The van der Waals surface area contributed by atoms with Crippen molar-refractivity contribution in [2.45, 2.75) is 25.7 Å². The van der Waals surface area contributed by atoms with Crippen LogP contribution in [-0.2, 0) is 19.2 Å². The highest BCUT2D eigenvalue weighted by atomic mass is 16.5. The van der Waals surface area contributed by atoms with Crippen molar-refractivity contribution >= 4 is 46.4 Å². The Morgan fingerprint density at radius 3 is 2.06 bits per heavy atom. The number of aliphatic hydroxyl groups is 1. The number of hydrogen-bond acceptors (Lipinski definition) is 7. The Hall–Kier alpha value is -5.54. The number of fused-ring (bicyclic) bond motifs is 4. The van der Waals surface area contributed by atoms with Gasteiger partial charge in [0.2, 0.25) is 23.6 Å². The van der Waals surface area contributed by atoms with Crippen LogP contribution in [0.5, 0.6) is 5.75 Å². The van der Waals surface area contributed by atoms with Crippen molar-refractivity contribution < 1.29 is 29.0 Å². The maximum Gasteiger partial charge on any atom is 0.241 e. The molecule has 4 aliphatic rings. The lowest BCUT2D eigenvalue weighted by Gasteiger charge is -2.49. The lowest BCUT2D eigenvalue weighted by molar-refractivity contribution is -0.131. The van der Waals surface area contributed by atoms with E-state index in [0.29, 0.717) is 30.0 Å². The number of carbonyl (C=O) groups excluding carboxylic acids is 4. The molecule has 252 valence electrons. The van der Waals surface area contributed by atoms with Gasteiger partial charge in [0, 0.05) is 17.3 Å². The normalized spacial score (nSPS) is 27.1. The summed E-state index contributed by atoms with van der Waals surface area (Å²) < 4.78 is 5.62. The van der Waals surface area contributed by atoms with Crippen LogP contribution < -0.4 is 19.9 Å². The average Bonchev–Trinajstić information content (AvgIpc) is 3.51. The second kappa shape index (κ2) is 12.4. The number of hydrogen-bond donors (Lipinski definition) is 2. The minimum Gasteiger partial charge on any atom is -0.491 e. The average molecular weight is 668 g/mol. The third-order valence-corrected chi connectivity index (χ3v) is 11.1. The van der Waals surface area contributed by atoms with E-state index in [0.717, 1.165) is 22.5 Å². The van der Waals surface area contributed by atoms with Crippen molar-refractivity contribution in [1.29, 1.82) is 0 Å². The summed E-state index contributed by atoms with van der Waals surface area (Å²) in [4.78, 5) is 60.0. The van der Waals surface area contributed by atoms with Crippen molar-refractivity contribution in [2.75, 3.05) is 28.3 Å². The van der Waals surface area contributed by atoms with Gasteiger partial charge in [-0.15, -0.1) is 0 Å². The summed E-state index contributed by atoms with van der Waals surface area (Å²) >= 11 is 0. The Bertz CT molecular complexity index is 2000. The molecule has 4 amide bonds. The molecular weight excluding hydrogens is 630 g/mol. The summed E-state index contributed by atoms with van der Waals surface area (Å²) in [5, 5.41) is 12.6. The molecule has 0 radical (unpaired) electrons. The molecule has 9 nitrogen and oxygen atoms in total. The van der Waals surface area contributed by atoms with Crippen LogP contribution in [0.1, 0.15) is 31.2 Å². The molecule has 4 aromatic carbocycles. The van der Waals surface area contributed by atoms with Crippen molar-refractivity contribution in [3.63, 3.8) is 0 Å². The van der Waals surface area contributed by atoms with E-state index in [4.69, 9.17) is 4.74 Å². The first-order valence-corrected chi connectivity index (χ1v) is 17.1. The Morgan fingerprint density at radius 2 is 1.38 bits per heavy atom. The minimum atomic E-state index is -1.12. The van der Waals surface area contributed by atoms with Gasteiger partial charge in [-0.05, 0) is 91.9 Å². The van der Waals surface area contributed by atoms with Gasteiger partial charge < -0.3 is 15.2 Å². The quantitative estimate of drug-likeness (QED) is 0.169. The molecule has 2 aliphatic heterocycles. The number of imide groups is 2. The van der Waals surface area contributed by atoms with Crippen LogP contribution in [0, 0.1) is 29.1 Å². The molecule has 0 spiro atoms. The zero-order valence-electron chi connectivity index (χ0n) is 27.6. The second-order valence-electron chi connectivity index (χ2n) is 13.7. The predicted octanol–water partition coefficient (Wildman–Crippen LogP) is 6.24. The molecule has 2 saturated heterocycles. The first-order chi connectivity index (χ1) is 24.3. The highest BCUT2D eigenvalue weighted by molar-refractivity contribution is 6.25. The summed E-state index contributed by atoms with van der Waals surface area (Å²) in [6.45, 7) is 1.91. The van der Waals surface area contributed by atoms with Gasteiger partial charge in [0.1, 0.15) is 12.4 Å². The maximum atomic E-state index is 14.6. The van der Waals surface area contributed by atoms with Crippen LogP contribution in [0.25, 0.3) is 0 Å². The van der Waals surface area contributed by atoms with E-state index in [1.807, 2.05) is 67.6 Å². The molecular formula is C41H37N3O6. The van der Waals surface area contributed by atoms with Crippen LogP contribution in [-0.4, -0.2) is 41.9 Å². The van der Waals surface area contributed by atoms with E-state index < -0.39 is 35.0 Å². The van der Waals surface area contributed by atoms with Crippen LogP contribution >= 0.6 is 0 Å². The van der Waals surface area contributed by atoms with E-state index in [1.54, 1.807) is 48.5 Å². The van der Waals surface area contributed by atoms with Crippen molar-refractivity contribution in [1.82, 2.24) is 0 Å². The number of rotatable bonds is 8. The summed E-state index contributed by atoms with van der Waals surface area (Å²) in [6.07, 6.45) is 2.71. The minimum absolute atomic E-state index is 0.119. The smallest absolute Gasteiger partial charge is 0.241 e. The predicted molar refractivity (Wildman–Crippen MR) is 189 cm³/mol. The molecule has 50 heavy (non-hydrogen) atoms. The van der Waals surface area contributed by atoms with Crippen LogP contribution in [0.3, 0.4) is 0 Å². The summed E-state index contributed by atoms with van der Waals surface area (Å²) in [7, 11) is 0. The number of para-hydroxylation sites is 2. The number of allylic oxidation sites excluding steroid dienone is 2. The maximum absolute atomic E-state index is 14.6. The number of aliphatic hydroxyl groups excluding tert-OH is 1. The van der Waals surface area contributed by atoms with Gasteiger partial charge in [-0.1, -0.05) is 60.2 Å². The zero-order chi connectivity index (χ0) is 34.6. The first-order valence-electron chi connectivity index (χ1n) is 17.1. The topological polar surface area (TPSA) is 116 Å². The van der Waals surface area contributed by atoms with Gasteiger partial charge in [0.05, 0.1) is 41.2 Å². The zero-order valence-corrected chi connectivity index (χ0v) is 27.6. The number of carbonyl (C=O) groups is 4. The molecule has 0 bridgehead atoms. The second-order valence-corrected chi connectivity index (χ2v) is 13.7. The van der Waals surface area contributed by atoms with Gasteiger partial charge in [-0.3, -0.25) is 24.1 Å². The molecule has 3 fully saturated rings. The number of nitrogens with one attached hydrogen (secondary N) is 1. The highest BCUT2D eigenvalue weighted by Gasteiger charge is 2.67. The Morgan fingerprint density at radius 1 is 0.740 bits per heavy atom. The molecule has 0 aromatic heterocycles. The van der Waals surface area contributed by atoms with Crippen LogP contribution in [0.2, 0.25) is 0 Å². The number of amides is 4.